The predicted molar refractivity (Wildman–Crippen MR) is 89.2 cm³/mol. The Labute approximate surface area is 141 Å². The molecule has 24 heavy (non-hydrogen) atoms. The van der Waals surface area contributed by atoms with Crippen LogP contribution in [-0.2, 0) is 11.2 Å². The average Bonchev–Trinajstić information content (AvgIpc) is 3.08. The smallest absolute Gasteiger partial charge is 0.257 e. The molecule has 5 heteroatoms. The fourth-order valence-corrected chi connectivity index (χ4v) is 2.94. The van der Waals surface area contributed by atoms with E-state index in [9.17, 15) is 9.18 Å². The topological polar surface area (TPSA) is 42.4 Å². The third kappa shape index (κ3) is 4.17. The van der Waals surface area contributed by atoms with Crippen molar-refractivity contribution < 1.29 is 13.9 Å². The maximum absolute atomic E-state index is 13.7. The van der Waals surface area contributed by atoms with Gasteiger partial charge >= 0.3 is 0 Å². The van der Waals surface area contributed by atoms with Gasteiger partial charge in [-0.3, -0.25) is 9.78 Å². The molecule has 1 unspecified atom stereocenters. The third-order valence-electron chi connectivity index (χ3n) is 4.24. The first-order valence-corrected chi connectivity index (χ1v) is 8.28. The van der Waals surface area contributed by atoms with Gasteiger partial charge in [-0.2, -0.15) is 0 Å². The lowest BCUT2D eigenvalue weighted by Crippen LogP contribution is -2.31. The van der Waals surface area contributed by atoms with Gasteiger partial charge in [0.05, 0.1) is 17.9 Å². The first-order chi connectivity index (χ1) is 11.7. The zero-order valence-corrected chi connectivity index (χ0v) is 13.5. The number of hydrogen-bond donors (Lipinski definition) is 0. The molecule has 1 atom stereocenters. The monoisotopic (exact) mass is 328 g/mol. The first-order valence-electron chi connectivity index (χ1n) is 8.28. The minimum Gasteiger partial charge on any atom is -0.376 e. The number of halogens is 1. The van der Waals surface area contributed by atoms with Gasteiger partial charge in [0.1, 0.15) is 0 Å². The summed E-state index contributed by atoms with van der Waals surface area (Å²) >= 11 is 0. The summed E-state index contributed by atoms with van der Waals surface area (Å²) in [5.74, 6) is -0.861. The van der Waals surface area contributed by atoms with Gasteiger partial charge in [-0.05, 0) is 30.9 Å². The average molecular weight is 328 g/mol. The molecule has 0 radical (unpaired) electrons. The minimum atomic E-state index is -0.574. The van der Waals surface area contributed by atoms with Crippen molar-refractivity contribution in [2.75, 3.05) is 19.7 Å². The number of rotatable bonds is 6. The molecule has 1 fully saturated rings. The standard InChI is InChI=1S/C19H21FN2O2/c20-18-13-21-10-8-17(18)19(23)22-11-9-16(14-22)24-12-4-7-15-5-2-1-3-6-15/h1-3,5-6,8,10,13,16H,4,7,9,11-12,14H2. The second-order valence-electron chi connectivity index (χ2n) is 5.98. The summed E-state index contributed by atoms with van der Waals surface area (Å²) in [6.45, 7) is 1.79. The fraction of sp³-hybridized carbons (Fsp3) is 0.368. The minimum absolute atomic E-state index is 0.0367. The Balaban J connectivity index is 1.42. The van der Waals surface area contributed by atoms with Gasteiger partial charge in [0.25, 0.3) is 5.91 Å². The van der Waals surface area contributed by atoms with Crippen molar-refractivity contribution >= 4 is 5.91 Å². The number of benzene rings is 1. The van der Waals surface area contributed by atoms with Crippen LogP contribution in [0.2, 0.25) is 0 Å². The number of carbonyl (C=O) groups is 1. The van der Waals surface area contributed by atoms with E-state index in [1.807, 2.05) is 18.2 Å². The van der Waals surface area contributed by atoms with E-state index in [1.54, 1.807) is 4.90 Å². The summed E-state index contributed by atoms with van der Waals surface area (Å²) in [5.41, 5.74) is 1.38. The van der Waals surface area contributed by atoms with Crippen LogP contribution in [0, 0.1) is 5.82 Å². The normalized spacial score (nSPS) is 17.2. The van der Waals surface area contributed by atoms with Gasteiger partial charge in [0, 0.05) is 25.9 Å². The van der Waals surface area contributed by atoms with Crippen LogP contribution in [0.1, 0.15) is 28.8 Å². The van der Waals surface area contributed by atoms with Crippen molar-refractivity contribution in [3.05, 3.63) is 65.7 Å². The molecule has 0 N–H and O–H groups in total. The van der Waals surface area contributed by atoms with Crippen LogP contribution < -0.4 is 0 Å². The van der Waals surface area contributed by atoms with Gasteiger partial charge < -0.3 is 9.64 Å². The summed E-state index contributed by atoms with van der Waals surface area (Å²) in [4.78, 5) is 17.7. The summed E-state index contributed by atoms with van der Waals surface area (Å²) in [6.07, 6.45) is 5.27. The Hall–Kier alpha value is -2.27. The number of likely N-dealkylation sites (tertiary alicyclic amines) is 1. The van der Waals surface area contributed by atoms with Crippen LogP contribution in [0.15, 0.2) is 48.8 Å². The van der Waals surface area contributed by atoms with Crippen molar-refractivity contribution in [1.82, 2.24) is 9.88 Å². The van der Waals surface area contributed by atoms with E-state index in [1.165, 1.54) is 17.8 Å². The highest BCUT2D eigenvalue weighted by atomic mass is 19.1. The maximum Gasteiger partial charge on any atom is 0.257 e. The molecule has 1 saturated heterocycles. The van der Waals surface area contributed by atoms with E-state index < -0.39 is 5.82 Å². The van der Waals surface area contributed by atoms with Crippen molar-refractivity contribution in [2.45, 2.75) is 25.4 Å². The van der Waals surface area contributed by atoms with Crippen LogP contribution >= 0.6 is 0 Å². The predicted octanol–water partition coefficient (Wildman–Crippen LogP) is 3.08. The van der Waals surface area contributed by atoms with Gasteiger partial charge in [-0.1, -0.05) is 30.3 Å². The van der Waals surface area contributed by atoms with Gasteiger partial charge in [0.15, 0.2) is 5.82 Å². The van der Waals surface area contributed by atoms with Crippen molar-refractivity contribution in [2.24, 2.45) is 0 Å². The zero-order chi connectivity index (χ0) is 16.8. The molecule has 1 aromatic carbocycles. The van der Waals surface area contributed by atoms with Crippen molar-refractivity contribution in [1.29, 1.82) is 0 Å². The van der Waals surface area contributed by atoms with E-state index in [4.69, 9.17) is 4.74 Å². The van der Waals surface area contributed by atoms with Gasteiger partial charge in [0.2, 0.25) is 0 Å². The molecule has 1 amide bonds. The SMILES string of the molecule is O=C(c1ccncc1F)N1CCC(OCCCc2ccccc2)C1. The quantitative estimate of drug-likeness (QED) is 0.765. The number of aromatic nitrogens is 1. The summed E-state index contributed by atoms with van der Waals surface area (Å²) < 4.78 is 19.5. The molecule has 1 aliphatic rings. The Bertz CT molecular complexity index is 678. The molecule has 2 heterocycles. The molecule has 1 aliphatic heterocycles. The molecule has 126 valence electrons. The number of nitrogens with zero attached hydrogens (tertiary/aromatic N) is 2. The van der Waals surface area contributed by atoms with Crippen LogP contribution in [0.3, 0.4) is 0 Å². The molecule has 2 aromatic rings. The Morgan fingerprint density at radius 2 is 2.12 bits per heavy atom. The highest BCUT2D eigenvalue weighted by molar-refractivity contribution is 5.94. The molecule has 1 aromatic heterocycles. The third-order valence-corrected chi connectivity index (χ3v) is 4.24. The lowest BCUT2D eigenvalue weighted by atomic mass is 10.1. The summed E-state index contributed by atoms with van der Waals surface area (Å²) in [6, 6.07) is 11.7. The second-order valence-corrected chi connectivity index (χ2v) is 5.98. The number of ether oxygens (including phenoxy) is 1. The van der Waals surface area contributed by atoms with Crippen LogP contribution in [0.5, 0.6) is 0 Å². The number of aryl methyl sites for hydroxylation is 1. The van der Waals surface area contributed by atoms with Gasteiger partial charge in [-0.15, -0.1) is 0 Å². The van der Waals surface area contributed by atoms with E-state index in [0.717, 1.165) is 25.5 Å². The van der Waals surface area contributed by atoms with E-state index in [0.29, 0.717) is 19.7 Å². The number of hydrogen-bond acceptors (Lipinski definition) is 3. The number of pyridine rings is 1. The highest BCUT2D eigenvalue weighted by Crippen LogP contribution is 2.17. The summed E-state index contributed by atoms with van der Waals surface area (Å²) in [5, 5.41) is 0. The van der Waals surface area contributed by atoms with Crippen LogP contribution in [-0.4, -0.2) is 41.6 Å². The Kier molecular flexibility index (Phi) is 5.54. The van der Waals surface area contributed by atoms with Crippen LogP contribution in [0.25, 0.3) is 0 Å². The van der Waals surface area contributed by atoms with E-state index in [2.05, 4.69) is 17.1 Å². The number of carbonyl (C=O) groups excluding carboxylic acids is 1. The zero-order valence-electron chi connectivity index (χ0n) is 13.5. The molecular formula is C19H21FN2O2. The highest BCUT2D eigenvalue weighted by Gasteiger charge is 2.28. The van der Waals surface area contributed by atoms with Crippen molar-refractivity contribution in [3.63, 3.8) is 0 Å². The lowest BCUT2D eigenvalue weighted by molar-refractivity contribution is 0.0523. The summed E-state index contributed by atoms with van der Waals surface area (Å²) in [7, 11) is 0. The van der Waals surface area contributed by atoms with Crippen LogP contribution in [0.4, 0.5) is 4.39 Å². The molecule has 0 bridgehead atoms. The molecule has 0 saturated carbocycles. The molecular weight excluding hydrogens is 307 g/mol. The number of amides is 1. The molecule has 0 spiro atoms. The Morgan fingerprint density at radius 1 is 1.29 bits per heavy atom. The Morgan fingerprint density at radius 3 is 2.92 bits per heavy atom. The van der Waals surface area contributed by atoms with Crippen molar-refractivity contribution in [3.8, 4) is 0 Å². The van der Waals surface area contributed by atoms with E-state index in [-0.39, 0.29) is 17.6 Å². The fourth-order valence-electron chi connectivity index (χ4n) is 2.94. The first kappa shape index (κ1) is 16.6. The maximum atomic E-state index is 13.7. The van der Waals surface area contributed by atoms with E-state index >= 15 is 0 Å². The second kappa shape index (κ2) is 8.02. The lowest BCUT2D eigenvalue weighted by Gasteiger charge is -2.17. The molecule has 3 rings (SSSR count). The molecule has 4 nitrogen and oxygen atoms in total. The van der Waals surface area contributed by atoms with Gasteiger partial charge in [-0.25, -0.2) is 4.39 Å². The largest absolute Gasteiger partial charge is 0.376 e. The molecule has 0 aliphatic carbocycles.